The van der Waals surface area contributed by atoms with Gasteiger partial charge in [0.15, 0.2) is 0 Å². The Hall–Kier alpha value is -1.60. The molecule has 1 nitrogen and oxygen atoms in total. The fourth-order valence-corrected chi connectivity index (χ4v) is 5.40. The van der Waals surface area contributed by atoms with Crippen molar-refractivity contribution in [2.24, 2.45) is 11.3 Å². The van der Waals surface area contributed by atoms with Gasteiger partial charge in [-0.2, -0.15) is 0 Å². The van der Waals surface area contributed by atoms with Crippen LogP contribution in [0.25, 0.3) is 0 Å². The van der Waals surface area contributed by atoms with Crippen LogP contribution in [0.2, 0.25) is 0 Å². The van der Waals surface area contributed by atoms with Crippen molar-refractivity contribution in [2.45, 2.75) is 74.1 Å². The lowest BCUT2D eigenvalue weighted by Gasteiger charge is -2.29. The number of aliphatic hydroxyl groups excluding tert-OH is 1. The van der Waals surface area contributed by atoms with Crippen LogP contribution in [-0.4, -0.2) is 11.7 Å². The lowest BCUT2D eigenvalue weighted by Crippen LogP contribution is -2.24. The second-order valence-corrected chi connectivity index (χ2v) is 9.00. The van der Waals surface area contributed by atoms with Crippen LogP contribution < -0.4 is 0 Å². The molecule has 2 unspecified atom stereocenters. The number of aliphatic hydroxyl groups is 1. The SMILES string of the molecule is CC1=C(CCC2=C(C)C(C)=C(C)C2(C)CO)C(C)C(CC2=CC=CC2)=C1C. The van der Waals surface area contributed by atoms with Gasteiger partial charge >= 0.3 is 0 Å². The van der Waals surface area contributed by atoms with E-state index < -0.39 is 0 Å². The summed E-state index contributed by atoms with van der Waals surface area (Å²) >= 11 is 0. The molecule has 0 radical (unpaired) electrons. The normalized spacial score (nSPS) is 28.4. The molecule has 0 heterocycles. The molecule has 0 fully saturated rings. The third kappa shape index (κ3) is 3.25. The lowest BCUT2D eigenvalue weighted by molar-refractivity contribution is 0.201. The smallest absolute Gasteiger partial charge is 0.0559 e. The van der Waals surface area contributed by atoms with Crippen molar-refractivity contribution >= 4 is 0 Å². The summed E-state index contributed by atoms with van der Waals surface area (Å²) in [6.07, 6.45) is 11.1. The maximum atomic E-state index is 10.1. The van der Waals surface area contributed by atoms with Gasteiger partial charge in [-0.1, -0.05) is 53.0 Å². The molecule has 3 aliphatic carbocycles. The van der Waals surface area contributed by atoms with Crippen molar-refractivity contribution in [2.75, 3.05) is 6.61 Å². The first-order chi connectivity index (χ1) is 12.7. The molecular formula is C26H36O. The van der Waals surface area contributed by atoms with Gasteiger partial charge in [-0.05, 0) is 95.4 Å². The highest BCUT2D eigenvalue weighted by Crippen LogP contribution is 2.50. The minimum atomic E-state index is -0.171. The van der Waals surface area contributed by atoms with E-state index in [0.29, 0.717) is 5.92 Å². The van der Waals surface area contributed by atoms with Crippen LogP contribution in [0.5, 0.6) is 0 Å². The fourth-order valence-electron chi connectivity index (χ4n) is 5.40. The van der Waals surface area contributed by atoms with Crippen molar-refractivity contribution in [1.29, 1.82) is 0 Å². The highest BCUT2D eigenvalue weighted by molar-refractivity contribution is 5.53. The van der Waals surface area contributed by atoms with Crippen LogP contribution in [0, 0.1) is 11.3 Å². The molecule has 27 heavy (non-hydrogen) atoms. The van der Waals surface area contributed by atoms with Gasteiger partial charge in [0, 0.05) is 5.41 Å². The van der Waals surface area contributed by atoms with Crippen molar-refractivity contribution < 1.29 is 5.11 Å². The molecule has 0 amide bonds. The topological polar surface area (TPSA) is 20.2 Å². The Balaban J connectivity index is 1.76. The highest BCUT2D eigenvalue weighted by Gasteiger charge is 2.38. The average Bonchev–Trinajstić information content (AvgIpc) is 3.28. The predicted octanol–water partition coefficient (Wildman–Crippen LogP) is 6.99. The summed E-state index contributed by atoms with van der Waals surface area (Å²) in [5.41, 5.74) is 13.2. The van der Waals surface area contributed by atoms with Gasteiger partial charge in [-0.15, -0.1) is 0 Å². The minimum Gasteiger partial charge on any atom is -0.395 e. The van der Waals surface area contributed by atoms with Crippen LogP contribution in [0.15, 0.2) is 68.4 Å². The molecule has 1 N–H and O–H groups in total. The van der Waals surface area contributed by atoms with Crippen LogP contribution in [0.1, 0.15) is 74.1 Å². The second kappa shape index (κ2) is 7.43. The Labute approximate surface area is 166 Å². The van der Waals surface area contributed by atoms with Crippen molar-refractivity contribution in [3.63, 3.8) is 0 Å². The minimum absolute atomic E-state index is 0.171. The van der Waals surface area contributed by atoms with E-state index >= 15 is 0 Å². The van der Waals surface area contributed by atoms with Crippen molar-refractivity contribution in [1.82, 2.24) is 0 Å². The maximum Gasteiger partial charge on any atom is 0.0559 e. The number of hydrogen-bond acceptors (Lipinski definition) is 1. The summed E-state index contributed by atoms with van der Waals surface area (Å²) in [4.78, 5) is 0. The summed E-state index contributed by atoms with van der Waals surface area (Å²) in [6, 6.07) is 0. The molecule has 0 aromatic carbocycles. The van der Waals surface area contributed by atoms with Gasteiger partial charge in [-0.3, -0.25) is 0 Å². The van der Waals surface area contributed by atoms with Gasteiger partial charge in [-0.25, -0.2) is 0 Å². The summed E-state index contributed by atoms with van der Waals surface area (Å²) < 4.78 is 0. The van der Waals surface area contributed by atoms with Crippen molar-refractivity contribution in [3.05, 3.63) is 68.4 Å². The summed E-state index contributed by atoms with van der Waals surface area (Å²) in [5, 5.41) is 10.1. The zero-order valence-corrected chi connectivity index (χ0v) is 18.3. The molecule has 3 rings (SSSR count). The summed E-state index contributed by atoms with van der Waals surface area (Å²) in [6.45, 7) is 16.1. The predicted molar refractivity (Wildman–Crippen MR) is 117 cm³/mol. The molecule has 0 aromatic rings. The van der Waals surface area contributed by atoms with Crippen LogP contribution >= 0.6 is 0 Å². The van der Waals surface area contributed by atoms with Gasteiger partial charge in [0.2, 0.25) is 0 Å². The van der Waals surface area contributed by atoms with Gasteiger partial charge in [0.25, 0.3) is 0 Å². The van der Waals surface area contributed by atoms with E-state index in [2.05, 4.69) is 66.7 Å². The zero-order valence-electron chi connectivity index (χ0n) is 18.3. The molecule has 3 aliphatic rings. The molecule has 0 aliphatic heterocycles. The molecule has 0 saturated carbocycles. The average molecular weight is 365 g/mol. The van der Waals surface area contributed by atoms with Gasteiger partial charge in [0.1, 0.15) is 0 Å². The van der Waals surface area contributed by atoms with Crippen LogP contribution in [-0.2, 0) is 0 Å². The molecule has 0 saturated heterocycles. The summed E-state index contributed by atoms with van der Waals surface area (Å²) in [7, 11) is 0. The first kappa shape index (κ1) is 20.1. The number of hydrogen-bond donors (Lipinski definition) is 1. The van der Waals surface area contributed by atoms with Crippen LogP contribution in [0.4, 0.5) is 0 Å². The number of allylic oxidation sites excluding steroid dienone is 10. The first-order valence-corrected chi connectivity index (χ1v) is 10.5. The Morgan fingerprint density at radius 1 is 0.963 bits per heavy atom. The number of rotatable bonds is 6. The van der Waals surface area contributed by atoms with E-state index in [1.54, 1.807) is 16.7 Å². The monoisotopic (exact) mass is 364 g/mol. The maximum absolute atomic E-state index is 10.1. The largest absolute Gasteiger partial charge is 0.395 e. The molecule has 1 heteroatoms. The molecule has 0 spiro atoms. The fraction of sp³-hybridized carbons (Fsp3) is 0.538. The Kier molecular flexibility index (Phi) is 5.54. The highest BCUT2D eigenvalue weighted by atomic mass is 16.3. The zero-order chi connectivity index (χ0) is 19.9. The van der Waals surface area contributed by atoms with E-state index in [4.69, 9.17) is 0 Å². The van der Waals surface area contributed by atoms with Gasteiger partial charge in [0.05, 0.1) is 6.61 Å². The van der Waals surface area contributed by atoms with Gasteiger partial charge < -0.3 is 5.11 Å². The van der Waals surface area contributed by atoms with E-state index in [1.807, 2.05) is 0 Å². The Bertz CT molecular complexity index is 837. The van der Waals surface area contributed by atoms with E-state index in [-0.39, 0.29) is 12.0 Å². The van der Waals surface area contributed by atoms with Crippen molar-refractivity contribution in [3.8, 4) is 0 Å². The van der Waals surface area contributed by atoms with E-state index in [0.717, 1.165) is 25.7 Å². The van der Waals surface area contributed by atoms with Crippen LogP contribution in [0.3, 0.4) is 0 Å². The summed E-state index contributed by atoms with van der Waals surface area (Å²) in [5.74, 6) is 0.546. The van der Waals surface area contributed by atoms with E-state index in [9.17, 15) is 5.11 Å². The molecular weight excluding hydrogens is 328 g/mol. The third-order valence-corrected chi connectivity index (χ3v) is 7.87. The third-order valence-electron chi connectivity index (χ3n) is 7.87. The second-order valence-electron chi connectivity index (χ2n) is 9.00. The Morgan fingerprint density at radius 3 is 2.22 bits per heavy atom. The first-order valence-electron chi connectivity index (χ1n) is 10.5. The molecule has 146 valence electrons. The standard InChI is InChI=1S/C26H36O/c1-16-19(4)25(26(7,15-27)21(16)6)13-12-23-17(2)18(3)24(20(23)5)14-22-10-8-9-11-22/h8-10,20,27H,11-15H2,1-7H3. The molecule has 0 bridgehead atoms. The Morgan fingerprint density at radius 2 is 1.63 bits per heavy atom. The molecule has 2 atom stereocenters. The lowest BCUT2D eigenvalue weighted by atomic mass is 9.76. The molecule has 0 aromatic heterocycles. The quantitative estimate of drug-likeness (QED) is 0.538. The van der Waals surface area contributed by atoms with E-state index in [1.165, 1.54) is 33.4 Å².